The molecule has 0 bridgehead atoms. The predicted octanol–water partition coefficient (Wildman–Crippen LogP) is 8.14. The monoisotopic (exact) mass is 499 g/mol. The summed E-state index contributed by atoms with van der Waals surface area (Å²) in [6.45, 7) is 4.05. The third-order valence-electron chi connectivity index (χ3n) is 6.40. The van der Waals surface area contributed by atoms with Crippen molar-refractivity contribution >= 4 is 10.8 Å². The summed E-state index contributed by atoms with van der Waals surface area (Å²) in [7, 11) is 0. The fourth-order valence-corrected chi connectivity index (χ4v) is 4.54. The Morgan fingerprint density at radius 1 is 0.784 bits per heavy atom. The van der Waals surface area contributed by atoms with Gasteiger partial charge >= 0.3 is 6.18 Å². The number of hydrogen-bond acceptors (Lipinski definition) is 2. The van der Waals surface area contributed by atoms with Crippen molar-refractivity contribution in [1.82, 2.24) is 4.57 Å². The van der Waals surface area contributed by atoms with Crippen LogP contribution in [0.15, 0.2) is 102 Å². The maximum Gasteiger partial charge on any atom is 0.417 e. The van der Waals surface area contributed by atoms with E-state index in [9.17, 15) is 18.0 Å². The van der Waals surface area contributed by atoms with Gasteiger partial charge in [-0.2, -0.15) is 13.2 Å². The highest BCUT2D eigenvalue weighted by atomic mass is 19.4. The third-order valence-corrected chi connectivity index (χ3v) is 6.40. The molecule has 0 saturated carbocycles. The van der Waals surface area contributed by atoms with Crippen LogP contribution in [-0.4, -0.2) is 4.57 Å². The van der Waals surface area contributed by atoms with Gasteiger partial charge in [-0.15, -0.1) is 0 Å². The Labute approximate surface area is 212 Å². The highest BCUT2D eigenvalue weighted by molar-refractivity contribution is 5.88. The van der Waals surface area contributed by atoms with Crippen molar-refractivity contribution < 1.29 is 17.9 Å². The van der Waals surface area contributed by atoms with Gasteiger partial charge in [0, 0.05) is 0 Å². The minimum atomic E-state index is -4.64. The van der Waals surface area contributed by atoms with E-state index < -0.39 is 17.3 Å². The molecule has 0 fully saturated rings. The number of nitrogens with zero attached hydrogens (tertiary/aromatic N) is 1. The number of aromatic nitrogens is 1. The molecule has 186 valence electrons. The summed E-state index contributed by atoms with van der Waals surface area (Å²) in [5.41, 5.74) is 2.52. The summed E-state index contributed by atoms with van der Waals surface area (Å²) >= 11 is 0. The van der Waals surface area contributed by atoms with Crippen LogP contribution in [-0.2, 0) is 12.7 Å². The van der Waals surface area contributed by atoms with Crippen LogP contribution in [0.5, 0.6) is 11.5 Å². The summed E-state index contributed by atoms with van der Waals surface area (Å²) < 4.78 is 48.9. The summed E-state index contributed by atoms with van der Waals surface area (Å²) in [6.07, 6.45) is -4.64. The van der Waals surface area contributed by atoms with E-state index in [-0.39, 0.29) is 17.3 Å². The van der Waals surface area contributed by atoms with Gasteiger partial charge in [0.25, 0.3) is 5.56 Å². The van der Waals surface area contributed by atoms with Crippen LogP contribution in [0.25, 0.3) is 22.0 Å². The molecule has 1 aromatic heterocycles. The van der Waals surface area contributed by atoms with Gasteiger partial charge in [0.1, 0.15) is 11.5 Å². The van der Waals surface area contributed by atoms with Crippen LogP contribution >= 0.6 is 0 Å². The Hall–Kier alpha value is -4.32. The molecule has 0 aliphatic rings. The zero-order valence-electron chi connectivity index (χ0n) is 20.3. The topological polar surface area (TPSA) is 31.2 Å². The molecule has 1 heterocycles. The smallest absolute Gasteiger partial charge is 0.417 e. The van der Waals surface area contributed by atoms with E-state index >= 15 is 0 Å². The van der Waals surface area contributed by atoms with Crippen molar-refractivity contribution in [2.75, 3.05) is 0 Å². The van der Waals surface area contributed by atoms with Gasteiger partial charge in [0.15, 0.2) is 0 Å². The second-order valence-corrected chi connectivity index (χ2v) is 9.06. The maximum atomic E-state index is 13.8. The first-order chi connectivity index (χ1) is 17.7. The van der Waals surface area contributed by atoms with Crippen molar-refractivity contribution in [1.29, 1.82) is 0 Å². The molecule has 37 heavy (non-hydrogen) atoms. The predicted molar refractivity (Wildman–Crippen MR) is 140 cm³/mol. The molecule has 4 aromatic carbocycles. The lowest BCUT2D eigenvalue weighted by molar-refractivity contribution is -0.136. The number of pyridine rings is 1. The Kier molecular flexibility index (Phi) is 6.34. The van der Waals surface area contributed by atoms with Gasteiger partial charge in [0.05, 0.1) is 23.2 Å². The van der Waals surface area contributed by atoms with E-state index in [1.165, 1.54) is 10.6 Å². The summed E-state index contributed by atoms with van der Waals surface area (Å²) in [5, 5.41) is -0.0798. The first-order valence-electron chi connectivity index (χ1n) is 11.8. The van der Waals surface area contributed by atoms with Crippen LogP contribution in [0, 0.1) is 13.8 Å². The zero-order chi connectivity index (χ0) is 26.2. The van der Waals surface area contributed by atoms with Crippen molar-refractivity contribution in [3.8, 4) is 22.8 Å². The quantitative estimate of drug-likeness (QED) is 0.244. The molecule has 3 nitrogen and oxygen atoms in total. The third kappa shape index (κ3) is 5.00. The van der Waals surface area contributed by atoms with E-state index in [0.717, 1.165) is 22.8 Å². The standard InChI is InChI=1S/C31H24F3NO2/c1-20-11-12-24(21(2)17-20)19-35-28(18-23-7-6-10-27(31(32,33)34)29(23)30(35)36)22-13-15-26(16-14-22)37-25-8-4-3-5-9-25/h3-18H,19H2,1-2H3. The van der Waals surface area contributed by atoms with Gasteiger partial charge in [0.2, 0.25) is 0 Å². The number of alkyl halides is 3. The number of hydrogen-bond donors (Lipinski definition) is 0. The van der Waals surface area contributed by atoms with Gasteiger partial charge < -0.3 is 9.30 Å². The molecule has 5 aromatic rings. The van der Waals surface area contributed by atoms with Crippen LogP contribution < -0.4 is 10.3 Å². The summed E-state index contributed by atoms with van der Waals surface area (Å²) in [5.74, 6) is 1.30. The maximum absolute atomic E-state index is 13.8. The molecule has 0 unspecified atom stereocenters. The second kappa shape index (κ2) is 9.62. The first kappa shape index (κ1) is 24.4. The number of ether oxygens (including phenoxy) is 1. The highest BCUT2D eigenvalue weighted by Gasteiger charge is 2.34. The number of aryl methyl sites for hydroxylation is 2. The Morgan fingerprint density at radius 2 is 1.49 bits per heavy atom. The zero-order valence-corrected chi connectivity index (χ0v) is 20.3. The molecule has 0 atom stereocenters. The average molecular weight is 500 g/mol. The van der Waals surface area contributed by atoms with E-state index in [2.05, 4.69) is 0 Å². The lowest BCUT2D eigenvalue weighted by atomic mass is 10.0. The van der Waals surface area contributed by atoms with E-state index in [0.29, 0.717) is 22.8 Å². The molecule has 0 aliphatic heterocycles. The molecule has 0 spiro atoms. The minimum absolute atomic E-state index is 0.144. The molecule has 0 radical (unpaired) electrons. The van der Waals surface area contributed by atoms with Crippen LogP contribution in [0.2, 0.25) is 0 Å². The number of para-hydroxylation sites is 1. The normalized spacial score (nSPS) is 11.6. The lowest BCUT2D eigenvalue weighted by Gasteiger charge is -2.18. The Bertz CT molecular complexity index is 1640. The number of fused-ring (bicyclic) bond motifs is 1. The second-order valence-electron chi connectivity index (χ2n) is 9.06. The largest absolute Gasteiger partial charge is 0.457 e. The van der Waals surface area contributed by atoms with Gasteiger partial charge in [-0.3, -0.25) is 4.79 Å². The molecule has 0 N–H and O–H groups in total. The Morgan fingerprint density at radius 3 is 2.16 bits per heavy atom. The number of halogens is 3. The minimum Gasteiger partial charge on any atom is -0.457 e. The van der Waals surface area contributed by atoms with Crippen LogP contribution in [0.4, 0.5) is 13.2 Å². The fraction of sp³-hybridized carbons (Fsp3) is 0.129. The molecule has 0 amide bonds. The van der Waals surface area contributed by atoms with E-state index in [1.807, 2.05) is 74.5 Å². The first-order valence-corrected chi connectivity index (χ1v) is 11.8. The molecule has 5 rings (SSSR count). The summed E-state index contributed by atoms with van der Waals surface area (Å²) in [6, 6.07) is 27.9. The molecule has 0 aliphatic carbocycles. The molecular weight excluding hydrogens is 475 g/mol. The van der Waals surface area contributed by atoms with Crippen LogP contribution in [0.3, 0.4) is 0 Å². The molecular formula is C31H24F3NO2. The number of rotatable bonds is 5. The van der Waals surface area contributed by atoms with Gasteiger partial charge in [-0.25, -0.2) is 0 Å². The van der Waals surface area contributed by atoms with Gasteiger partial charge in [-0.1, -0.05) is 54.1 Å². The SMILES string of the molecule is Cc1ccc(Cn2c(-c3ccc(Oc4ccccc4)cc3)cc3cccc(C(F)(F)F)c3c2=O)c(C)c1. The summed E-state index contributed by atoms with van der Waals surface area (Å²) in [4.78, 5) is 13.7. The van der Waals surface area contributed by atoms with E-state index in [4.69, 9.17) is 4.74 Å². The molecule has 0 saturated heterocycles. The van der Waals surface area contributed by atoms with Crippen molar-refractivity contribution in [2.45, 2.75) is 26.6 Å². The number of benzene rings is 4. The van der Waals surface area contributed by atoms with Crippen LogP contribution in [0.1, 0.15) is 22.3 Å². The van der Waals surface area contributed by atoms with Gasteiger partial charge in [-0.05, 0) is 84.5 Å². The highest BCUT2D eigenvalue weighted by Crippen LogP contribution is 2.35. The van der Waals surface area contributed by atoms with Crippen molar-refractivity contribution in [3.05, 3.63) is 130 Å². The van der Waals surface area contributed by atoms with E-state index in [1.54, 1.807) is 24.3 Å². The van der Waals surface area contributed by atoms with Crippen molar-refractivity contribution in [3.63, 3.8) is 0 Å². The van der Waals surface area contributed by atoms with Crippen molar-refractivity contribution in [2.24, 2.45) is 0 Å². The molecule has 6 heteroatoms. The fourth-order valence-electron chi connectivity index (χ4n) is 4.54. The average Bonchev–Trinajstić information content (AvgIpc) is 2.87. The lowest BCUT2D eigenvalue weighted by Crippen LogP contribution is -2.25. The Balaban J connectivity index is 1.67.